The molecule has 2 heterocycles. The Morgan fingerprint density at radius 1 is 1.67 bits per heavy atom. The first kappa shape index (κ1) is 12.9. The van der Waals surface area contributed by atoms with Gasteiger partial charge in [0.05, 0.1) is 13.4 Å². The summed E-state index contributed by atoms with van der Waals surface area (Å²) >= 11 is 0. The molecule has 0 saturated carbocycles. The summed E-state index contributed by atoms with van der Waals surface area (Å²) in [4.78, 5) is 20.5. The summed E-state index contributed by atoms with van der Waals surface area (Å²) in [5, 5.41) is 0. The number of aromatic amines is 1. The lowest BCUT2D eigenvalue weighted by Gasteiger charge is -2.37. The Hall–Kier alpha value is -1.56. The maximum absolute atomic E-state index is 11.7. The number of nitrogens with one attached hydrogen (secondary N) is 1. The third-order valence-electron chi connectivity index (χ3n) is 3.61. The van der Waals surface area contributed by atoms with Gasteiger partial charge in [0.2, 0.25) is 5.75 Å². The number of nitrogens with two attached hydrogens (primary N) is 1. The Morgan fingerprint density at radius 3 is 3.11 bits per heavy atom. The highest BCUT2D eigenvalue weighted by atomic mass is 16.5. The third kappa shape index (κ3) is 2.33. The standard InChI is InChI=1S/C12H20N4O2/c1-3-8-6-16(5-4-9(8)13)11-10(18-2)12(17)15-7-14-11/h7-9H,3-6,13H2,1-2H3,(H,14,15,17). The second-order valence-electron chi connectivity index (χ2n) is 4.66. The minimum atomic E-state index is -0.245. The molecule has 1 fully saturated rings. The number of H-pyrrole nitrogens is 1. The van der Waals surface area contributed by atoms with Crippen LogP contribution in [-0.2, 0) is 0 Å². The number of aromatic nitrogens is 2. The molecule has 0 bridgehead atoms. The first-order chi connectivity index (χ1) is 8.67. The SMILES string of the molecule is CCC1CN(c2nc[nH]c(=O)c2OC)CCC1N. The third-order valence-corrected chi connectivity index (χ3v) is 3.61. The van der Waals surface area contributed by atoms with E-state index in [2.05, 4.69) is 21.8 Å². The molecule has 2 unspecified atom stereocenters. The van der Waals surface area contributed by atoms with Crippen LogP contribution in [0, 0.1) is 5.92 Å². The summed E-state index contributed by atoms with van der Waals surface area (Å²) in [7, 11) is 1.49. The lowest BCUT2D eigenvalue weighted by atomic mass is 9.91. The molecule has 0 aromatic carbocycles. The van der Waals surface area contributed by atoms with Gasteiger partial charge in [0.15, 0.2) is 5.82 Å². The molecule has 1 aliphatic rings. The van der Waals surface area contributed by atoms with Crippen molar-refractivity contribution in [1.29, 1.82) is 0 Å². The van der Waals surface area contributed by atoms with Crippen LogP contribution in [0.25, 0.3) is 0 Å². The van der Waals surface area contributed by atoms with Crippen LogP contribution in [0.2, 0.25) is 0 Å². The van der Waals surface area contributed by atoms with Crippen LogP contribution in [0.4, 0.5) is 5.82 Å². The minimum absolute atomic E-state index is 0.235. The molecule has 3 N–H and O–H groups in total. The molecule has 1 aromatic heterocycles. The van der Waals surface area contributed by atoms with Crippen molar-refractivity contribution in [2.24, 2.45) is 11.7 Å². The van der Waals surface area contributed by atoms with E-state index in [-0.39, 0.29) is 17.4 Å². The summed E-state index contributed by atoms with van der Waals surface area (Å²) < 4.78 is 5.15. The Bertz CT molecular complexity index is 460. The van der Waals surface area contributed by atoms with Gasteiger partial charge < -0.3 is 20.4 Å². The quantitative estimate of drug-likeness (QED) is 0.810. The van der Waals surface area contributed by atoms with Gasteiger partial charge in [-0.05, 0) is 12.3 Å². The van der Waals surface area contributed by atoms with Crippen molar-refractivity contribution >= 4 is 5.82 Å². The zero-order valence-corrected chi connectivity index (χ0v) is 10.8. The molecule has 6 heteroatoms. The molecule has 0 aliphatic carbocycles. The van der Waals surface area contributed by atoms with E-state index in [4.69, 9.17) is 10.5 Å². The largest absolute Gasteiger partial charge is 0.489 e. The molecule has 100 valence electrons. The molecule has 2 rings (SSSR count). The molecule has 1 aromatic rings. The van der Waals surface area contributed by atoms with Crippen LogP contribution in [0.15, 0.2) is 11.1 Å². The van der Waals surface area contributed by atoms with Gasteiger partial charge in [-0.25, -0.2) is 4.98 Å². The van der Waals surface area contributed by atoms with Crippen LogP contribution in [0.5, 0.6) is 5.75 Å². The molecule has 1 saturated heterocycles. The monoisotopic (exact) mass is 252 g/mol. The zero-order valence-electron chi connectivity index (χ0n) is 10.8. The first-order valence-corrected chi connectivity index (χ1v) is 6.29. The summed E-state index contributed by atoms with van der Waals surface area (Å²) in [5.74, 6) is 1.33. The second-order valence-corrected chi connectivity index (χ2v) is 4.66. The van der Waals surface area contributed by atoms with Gasteiger partial charge in [0.1, 0.15) is 0 Å². The lowest BCUT2D eigenvalue weighted by Crippen LogP contribution is -2.47. The fourth-order valence-electron chi connectivity index (χ4n) is 2.46. The maximum atomic E-state index is 11.7. The van der Waals surface area contributed by atoms with E-state index in [1.165, 1.54) is 13.4 Å². The van der Waals surface area contributed by atoms with Crippen molar-refractivity contribution in [2.75, 3.05) is 25.1 Å². The number of ether oxygens (including phenoxy) is 1. The molecule has 0 radical (unpaired) electrons. The molecular weight excluding hydrogens is 232 g/mol. The van der Waals surface area contributed by atoms with E-state index in [1.54, 1.807) is 0 Å². The van der Waals surface area contributed by atoms with Crippen molar-refractivity contribution in [3.8, 4) is 5.75 Å². The van der Waals surface area contributed by atoms with Gasteiger partial charge in [0.25, 0.3) is 5.56 Å². The molecule has 0 amide bonds. The number of rotatable bonds is 3. The van der Waals surface area contributed by atoms with Crippen molar-refractivity contribution in [3.05, 3.63) is 16.7 Å². The van der Waals surface area contributed by atoms with Crippen LogP contribution in [-0.4, -0.2) is 36.2 Å². The molecule has 18 heavy (non-hydrogen) atoms. The minimum Gasteiger partial charge on any atom is -0.489 e. The van der Waals surface area contributed by atoms with Gasteiger partial charge in [-0.1, -0.05) is 13.3 Å². The molecule has 6 nitrogen and oxygen atoms in total. The predicted molar refractivity (Wildman–Crippen MR) is 70.0 cm³/mol. The molecule has 1 aliphatic heterocycles. The van der Waals surface area contributed by atoms with Crippen LogP contribution >= 0.6 is 0 Å². The zero-order chi connectivity index (χ0) is 13.1. The number of methoxy groups -OCH3 is 1. The van der Waals surface area contributed by atoms with Gasteiger partial charge in [-0.3, -0.25) is 4.79 Å². The highest BCUT2D eigenvalue weighted by Gasteiger charge is 2.28. The molecule has 2 atom stereocenters. The number of anilines is 1. The van der Waals surface area contributed by atoms with Gasteiger partial charge in [-0.15, -0.1) is 0 Å². The Labute approximate surface area is 106 Å². The summed E-state index contributed by atoms with van der Waals surface area (Å²) in [6.07, 6.45) is 3.36. The van der Waals surface area contributed by atoms with Gasteiger partial charge in [-0.2, -0.15) is 0 Å². The van der Waals surface area contributed by atoms with Gasteiger partial charge >= 0.3 is 0 Å². The highest BCUT2D eigenvalue weighted by Crippen LogP contribution is 2.27. The number of hydrogen-bond donors (Lipinski definition) is 2. The topological polar surface area (TPSA) is 84.2 Å². The fourth-order valence-corrected chi connectivity index (χ4v) is 2.46. The Kier molecular flexibility index (Phi) is 3.86. The summed E-state index contributed by atoms with van der Waals surface area (Å²) in [6, 6.07) is 0.235. The lowest BCUT2D eigenvalue weighted by molar-refractivity contribution is 0.341. The van der Waals surface area contributed by atoms with E-state index in [0.717, 1.165) is 25.9 Å². The van der Waals surface area contributed by atoms with Crippen molar-refractivity contribution in [1.82, 2.24) is 9.97 Å². The average Bonchev–Trinajstić information content (AvgIpc) is 2.39. The predicted octanol–water partition coefficient (Wildman–Crippen LogP) is 0.342. The van der Waals surface area contributed by atoms with Gasteiger partial charge in [0, 0.05) is 19.1 Å². The summed E-state index contributed by atoms with van der Waals surface area (Å²) in [5.41, 5.74) is 5.84. The van der Waals surface area contributed by atoms with E-state index in [0.29, 0.717) is 11.7 Å². The van der Waals surface area contributed by atoms with E-state index >= 15 is 0 Å². The van der Waals surface area contributed by atoms with Crippen molar-refractivity contribution in [3.63, 3.8) is 0 Å². The smallest absolute Gasteiger partial charge is 0.295 e. The van der Waals surface area contributed by atoms with E-state index < -0.39 is 0 Å². The van der Waals surface area contributed by atoms with E-state index in [9.17, 15) is 4.79 Å². The first-order valence-electron chi connectivity index (χ1n) is 6.29. The molecule has 0 spiro atoms. The molecular formula is C12H20N4O2. The highest BCUT2D eigenvalue weighted by molar-refractivity contribution is 5.51. The normalized spacial score (nSPS) is 24.1. The van der Waals surface area contributed by atoms with Crippen molar-refractivity contribution in [2.45, 2.75) is 25.8 Å². The number of hydrogen-bond acceptors (Lipinski definition) is 5. The Morgan fingerprint density at radius 2 is 2.44 bits per heavy atom. The second kappa shape index (κ2) is 5.39. The number of piperidine rings is 1. The number of nitrogens with zero attached hydrogens (tertiary/aromatic N) is 2. The van der Waals surface area contributed by atoms with Crippen molar-refractivity contribution < 1.29 is 4.74 Å². The Balaban J connectivity index is 2.27. The van der Waals surface area contributed by atoms with Crippen LogP contribution in [0.1, 0.15) is 19.8 Å². The van der Waals surface area contributed by atoms with Crippen LogP contribution in [0.3, 0.4) is 0 Å². The maximum Gasteiger partial charge on any atom is 0.295 e. The fraction of sp³-hybridized carbons (Fsp3) is 0.667. The van der Waals surface area contributed by atoms with Crippen LogP contribution < -0.4 is 20.9 Å². The average molecular weight is 252 g/mol. The summed E-state index contributed by atoms with van der Waals surface area (Å²) in [6.45, 7) is 3.77. The van der Waals surface area contributed by atoms with E-state index in [1.807, 2.05) is 0 Å².